The number of para-hydroxylation sites is 1. The van der Waals surface area contributed by atoms with Gasteiger partial charge in [0.25, 0.3) is 5.91 Å². The molecule has 2 heterocycles. The molecule has 1 saturated heterocycles. The Morgan fingerprint density at radius 1 is 1.38 bits per heavy atom. The molecule has 0 unspecified atom stereocenters. The van der Waals surface area contributed by atoms with Crippen molar-refractivity contribution in [2.24, 2.45) is 0 Å². The predicted molar refractivity (Wildman–Crippen MR) is 87.0 cm³/mol. The Balaban J connectivity index is 1.75. The minimum Gasteiger partial charge on any atom is -0.349 e. The lowest BCUT2D eigenvalue weighted by molar-refractivity contribution is 0.0916. The van der Waals surface area contributed by atoms with E-state index in [1.165, 1.54) is 0 Å². The van der Waals surface area contributed by atoms with Crippen LogP contribution in [0.1, 0.15) is 23.2 Å². The van der Waals surface area contributed by atoms with Crippen molar-refractivity contribution in [1.82, 2.24) is 15.2 Å². The Morgan fingerprint density at radius 2 is 2.14 bits per heavy atom. The van der Waals surface area contributed by atoms with Gasteiger partial charge in [-0.25, -0.2) is 0 Å². The van der Waals surface area contributed by atoms with Gasteiger partial charge in [-0.3, -0.25) is 9.78 Å². The Bertz CT molecular complexity index is 666. The molecule has 0 spiro atoms. The second-order valence-electron chi connectivity index (χ2n) is 5.62. The fourth-order valence-electron chi connectivity index (χ4n) is 2.69. The van der Waals surface area contributed by atoms with E-state index in [1.54, 1.807) is 6.20 Å². The molecule has 4 nitrogen and oxygen atoms in total. The SMILES string of the molecule is CN1CCC(NC(=O)c2cnc3c(S)cccc3c2)CC1. The maximum atomic E-state index is 12.3. The van der Waals surface area contributed by atoms with Crippen molar-refractivity contribution in [3.63, 3.8) is 0 Å². The number of aromatic nitrogens is 1. The average Bonchev–Trinajstić information content (AvgIpc) is 2.49. The molecule has 1 aromatic carbocycles. The number of hydrogen-bond donors (Lipinski definition) is 2. The van der Waals surface area contributed by atoms with E-state index in [1.807, 2.05) is 24.3 Å². The van der Waals surface area contributed by atoms with E-state index in [-0.39, 0.29) is 11.9 Å². The summed E-state index contributed by atoms with van der Waals surface area (Å²) < 4.78 is 0. The molecule has 2 aromatic rings. The van der Waals surface area contributed by atoms with Gasteiger partial charge in [0.2, 0.25) is 0 Å². The number of benzene rings is 1. The largest absolute Gasteiger partial charge is 0.349 e. The number of amides is 1. The molecule has 0 atom stereocenters. The topological polar surface area (TPSA) is 45.2 Å². The van der Waals surface area contributed by atoms with Gasteiger partial charge in [-0.2, -0.15) is 0 Å². The number of carbonyl (C=O) groups is 1. The summed E-state index contributed by atoms with van der Waals surface area (Å²) in [4.78, 5) is 19.8. The van der Waals surface area contributed by atoms with Crippen molar-refractivity contribution in [2.45, 2.75) is 23.8 Å². The zero-order valence-corrected chi connectivity index (χ0v) is 12.9. The number of carbonyl (C=O) groups excluding carboxylic acids is 1. The Hall–Kier alpha value is -1.59. The van der Waals surface area contributed by atoms with Crippen molar-refractivity contribution in [2.75, 3.05) is 20.1 Å². The van der Waals surface area contributed by atoms with Crippen molar-refractivity contribution in [3.05, 3.63) is 36.0 Å². The summed E-state index contributed by atoms with van der Waals surface area (Å²) in [5.41, 5.74) is 1.44. The lowest BCUT2D eigenvalue weighted by Gasteiger charge is -2.29. The van der Waals surface area contributed by atoms with Crippen LogP contribution in [0.5, 0.6) is 0 Å². The highest BCUT2D eigenvalue weighted by atomic mass is 32.1. The summed E-state index contributed by atoms with van der Waals surface area (Å²) in [6, 6.07) is 7.92. The monoisotopic (exact) mass is 301 g/mol. The Morgan fingerprint density at radius 3 is 2.90 bits per heavy atom. The molecule has 1 aliphatic rings. The molecule has 0 saturated carbocycles. The Kier molecular flexibility index (Phi) is 4.12. The number of piperidine rings is 1. The third-order valence-electron chi connectivity index (χ3n) is 4.01. The van der Waals surface area contributed by atoms with Gasteiger partial charge in [-0.05, 0) is 45.1 Å². The number of hydrogen-bond acceptors (Lipinski definition) is 4. The van der Waals surface area contributed by atoms with Crippen LogP contribution >= 0.6 is 12.6 Å². The van der Waals surface area contributed by atoms with Crippen LogP contribution in [-0.2, 0) is 0 Å². The molecule has 0 aliphatic carbocycles. The van der Waals surface area contributed by atoms with Crippen LogP contribution in [0.25, 0.3) is 10.9 Å². The second kappa shape index (κ2) is 6.03. The van der Waals surface area contributed by atoms with Gasteiger partial charge in [0, 0.05) is 22.5 Å². The van der Waals surface area contributed by atoms with Gasteiger partial charge in [0.15, 0.2) is 0 Å². The maximum absolute atomic E-state index is 12.3. The molecule has 1 fully saturated rings. The van der Waals surface area contributed by atoms with Gasteiger partial charge in [-0.15, -0.1) is 12.6 Å². The van der Waals surface area contributed by atoms with E-state index in [0.717, 1.165) is 41.7 Å². The summed E-state index contributed by atoms with van der Waals surface area (Å²) in [5, 5.41) is 4.05. The molecule has 0 bridgehead atoms. The van der Waals surface area contributed by atoms with Crippen LogP contribution in [0.3, 0.4) is 0 Å². The first-order valence-electron chi connectivity index (χ1n) is 7.20. The molecule has 110 valence electrons. The number of pyridine rings is 1. The van der Waals surface area contributed by atoms with Crippen molar-refractivity contribution in [3.8, 4) is 0 Å². The van der Waals surface area contributed by atoms with Gasteiger partial charge in [-0.1, -0.05) is 12.1 Å². The zero-order valence-electron chi connectivity index (χ0n) is 12.0. The first-order chi connectivity index (χ1) is 10.1. The van der Waals surface area contributed by atoms with Crippen molar-refractivity contribution in [1.29, 1.82) is 0 Å². The molecule has 0 radical (unpaired) electrons. The average molecular weight is 301 g/mol. The molecule has 1 aromatic heterocycles. The minimum atomic E-state index is -0.0384. The smallest absolute Gasteiger partial charge is 0.253 e. The Labute approximate surface area is 130 Å². The summed E-state index contributed by atoms with van der Waals surface area (Å²) in [6.45, 7) is 2.06. The molecular formula is C16H19N3OS. The third-order valence-corrected chi connectivity index (χ3v) is 4.37. The normalized spacial score (nSPS) is 17.0. The second-order valence-corrected chi connectivity index (χ2v) is 6.11. The van der Waals surface area contributed by atoms with Gasteiger partial charge < -0.3 is 10.2 Å². The summed E-state index contributed by atoms with van der Waals surface area (Å²) in [7, 11) is 2.11. The first-order valence-corrected chi connectivity index (χ1v) is 7.65. The summed E-state index contributed by atoms with van der Waals surface area (Å²) >= 11 is 4.38. The fourth-order valence-corrected chi connectivity index (χ4v) is 2.96. The lowest BCUT2D eigenvalue weighted by atomic mass is 10.0. The fraction of sp³-hybridized carbons (Fsp3) is 0.375. The number of rotatable bonds is 2. The zero-order chi connectivity index (χ0) is 14.8. The van der Waals surface area contributed by atoms with E-state index in [0.29, 0.717) is 5.56 Å². The highest BCUT2D eigenvalue weighted by molar-refractivity contribution is 7.80. The standard InChI is InChI=1S/C16H19N3OS/c1-19-7-5-13(6-8-19)18-16(20)12-9-11-3-2-4-14(21)15(11)17-10-12/h2-4,9-10,13,21H,5-8H2,1H3,(H,18,20). The van der Waals surface area contributed by atoms with Crippen LogP contribution < -0.4 is 5.32 Å². The van der Waals surface area contributed by atoms with Crippen LogP contribution in [-0.4, -0.2) is 42.0 Å². The van der Waals surface area contributed by atoms with Crippen LogP contribution in [0.15, 0.2) is 35.4 Å². The van der Waals surface area contributed by atoms with E-state index in [4.69, 9.17) is 0 Å². The van der Waals surface area contributed by atoms with Crippen molar-refractivity contribution >= 4 is 29.4 Å². The number of fused-ring (bicyclic) bond motifs is 1. The molecule has 1 N–H and O–H groups in total. The number of nitrogens with zero attached hydrogens (tertiary/aromatic N) is 2. The first kappa shape index (κ1) is 14.4. The number of thiol groups is 1. The minimum absolute atomic E-state index is 0.0384. The highest BCUT2D eigenvalue weighted by Crippen LogP contribution is 2.20. The maximum Gasteiger partial charge on any atom is 0.253 e. The van der Waals surface area contributed by atoms with Crippen LogP contribution in [0, 0.1) is 0 Å². The molecule has 1 amide bonds. The summed E-state index contributed by atoms with van der Waals surface area (Å²) in [5.74, 6) is -0.0384. The summed E-state index contributed by atoms with van der Waals surface area (Å²) in [6.07, 6.45) is 3.64. The van der Waals surface area contributed by atoms with Crippen molar-refractivity contribution < 1.29 is 4.79 Å². The lowest BCUT2D eigenvalue weighted by Crippen LogP contribution is -2.43. The molecule has 5 heteroatoms. The van der Waals surface area contributed by atoms with Crippen LogP contribution in [0.4, 0.5) is 0 Å². The van der Waals surface area contributed by atoms with E-state index in [9.17, 15) is 4.79 Å². The number of likely N-dealkylation sites (tertiary alicyclic amines) is 1. The molecular weight excluding hydrogens is 282 g/mol. The van der Waals surface area contributed by atoms with E-state index >= 15 is 0 Å². The quantitative estimate of drug-likeness (QED) is 0.837. The molecule has 3 rings (SSSR count). The van der Waals surface area contributed by atoms with E-state index in [2.05, 4.69) is 34.9 Å². The van der Waals surface area contributed by atoms with Crippen LogP contribution in [0.2, 0.25) is 0 Å². The highest BCUT2D eigenvalue weighted by Gasteiger charge is 2.19. The van der Waals surface area contributed by atoms with Gasteiger partial charge >= 0.3 is 0 Å². The molecule has 1 aliphatic heterocycles. The molecule has 21 heavy (non-hydrogen) atoms. The third kappa shape index (κ3) is 3.19. The predicted octanol–water partition coefficient (Wildman–Crippen LogP) is 2.35. The number of nitrogens with one attached hydrogen (secondary N) is 1. The van der Waals surface area contributed by atoms with Gasteiger partial charge in [0.05, 0.1) is 11.1 Å². The van der Waals surface area contributed by atoms with Gasteiger partial charge in [0.1, 0.15) is 0 Å². The van der Waals surface area contributed by atoms with E-state index < -0.39 is 0 Å².